The SMILES string of the molecule is CCc1cccc(CN(C[C@@H](O)[C@@H](N)Cc2cc(F)cc(F)c2)C(=O)c2cccc(NS(C)(=O)=O)c2)c1. The summed E-state index contributed by atoms with van der Waals surface area (Å²) in [6, 6.07) is 15.9. The molecule has 0 aromatic heterocycles. The highest BCUT2D eigenvalue weighted by Crippen LogP contribution is 2.18. The van der Waals surface area contributed by atoms with E-state index < -0.39 is 39.7 Å². The lowest BCUT2D eigenvalue weighted by Crippen LogP contribution is -2.46. The standard InChI is InChI=1S/C27H31F2N3O4S/c1-3-18-6-4-7-19(10-18)16-32(27(34)21-8-5-9-24(14-21)31-37(2,35)36)17-26(33)25(30)13-20-11-22(28)15-23(29)12-20/h4-12,14-15,25-26,31,33H,3,13,16-17,30H2,1-2H3/t25-,26+/m0/s1. The van der Waals surface area contributed by atoms with Gasteiger partial charge in [-0.15, -0.1) is 0 Å². The third kappa shape index (κ3) is 8.63. The molecule has 7 nitrogen and oxygen atoms in total. The van der Waals surface area contributed by atoms with Crippen molar-refractivity contribution in [3.63, 3.8) is 0 Å². The summed E-state index contributed by atoms with van der Waals surface area (Å²) in [4.78, 5) is 14.9. The minimum absolute atomic E-state index is 0.00301. The average molecular weight is 532 g/mol. The van der Waals surface area contributed by atoms with Crippen LogP contribution in [0, 0.1) is 11.6 Å². The monoisotopic (exact) mass is 531 g/mol. The van der Waals surface area contributed by atoms with E-state index in [0.29, 0.717) is 0 Å². The van der Waals surface area contributed by atoms with E-state index in [1.165, 1.54) is 17.0 Å². The number of nitrogens with one attached hydrogen (secondary N) is 1. The number of aliphatic hydroxyl groups is 1. The lowest BCUT2D eigenvalue weighted by molar-refractivity contribution is 0.0554. The van der Waals surface area contributed by atoms with Gasteiger partial charge in [0.2, 0.25) is 10.0 Å². The van der Waals surface area contributed by atoms with Crippen molar-refractivity contribution < 1.29 is 27.1 Å². The van der Waals surface area contributed by atoms with Gasteiger partial charge < -0.3 is 15.7 Å². The van der Waals surface area contributed by atoms with Crippen molar-refractivity contribution in [2.45, 2.75) is 38.5 Å². The molecule has 1 amide bonds. The van der Waals surface area contributed by atoms with Crippen molar-refractivity contribution in [1.82, 2.24) is 4.90 Å². The lowest BCUT2D eigenvalue weighted by atomic mass is 10.0. The van der Waals surface area contributed by atoms with Gasteiger partial charge in [-0.25, -0.2) is 17.2 Å². The van der Waals surface area contributed by atoms with Crippen molar-refractivity contribution in [1.29, 1.82) is 0 Å². The lowest BCUT2D eigenvalue weighted by Gasteiger charge is -2.29. The Kier molecular flexibility index (Phi) is 9.36. The molecule has 0 unspecified atom stereocenters. The molecule has 0 aliphatic heterocycles. The summed E-state index contributed by atoms with van der Waals surface area (Å²) in [7, 11) is -3.55. The first-order chi connectivity index (χ1) is 17.4. The number of carbonyl (C=O) groups excluding carboxylic acids is 1. The average Bonchev–Trinajstić information content (AvgIpc) is 2.81. The summed E-state index contributed by atoms with van der Waals surface area (Å²) in [6.07, 6.45) is 0.605. The number of hydrogen-bond donors (Lipinski definition) is 3. The van der Waals surface area contributed by atoms with E-state index in [1.807, 2.05) is 31.2 Å². The van der Waals surface area contributed by atoms with Crippen molar-refractivity contribution in [2.24, 2.45) is 5.73 Å². The third-order valence-electron chi connectivity index (χ3n) is 5.77. The number of amides is 1. The van der Waals surface area contributed by atoms with E-state index in [0.717, 1.165) is 42.0 Å². The Hall–Kier alpha value is -3.34. The van der Waals surface area contributed by atoms with Gasteiger partial charge in [-0.2, -0.15) is 0 Å². The molecular weight excluding hydrogens is 500 g/mol. The predicted molar refractivity (Wildman–Crippen MR) is 140 cm³/mol. The zero-order valence-electron chi connectivity index (χ0n) is 20.7. The second-order valence-corrected chi connectivity index (χ2v) is 10.8. The largest absolute Gasteiger partial charge is 0.390 e. The number of carbonyl (C=O) groups is 1. The van der Waals surface area contributed by atoms with Crippen molar-refractivity contribution in [3.8, 4) is 0 Å². The molecule has 3 aromatic carbocycles. The summed E-state index contributed by atoms with van der Waals surface area (Å²) in [5.74, 6) is -1.93. The van der Waals surface area contributed by atoms with Crippen LogP contribution in [-0.2, 0) is 29.4 Å². The molecule has 4 N–H and O–H groups in total. The molecule has 0 saturated carbocycles. The fourth-order valence-corrected chi connectivity index (χ4v) is 4.55. The van der Waals surface area contributed by atoms with Crippen LogP contribution < -0.4 is 10.5 Å². The molecule has 37 heavy (non-hydrogen) atoms. The summed E-state index contributed by atoms with van der Waals surface area (Å²) in [6.45, 7) is 2.02. The van der Waals surface area contributed by atoms with E-state index in [-0.39, 0.29) is 36.3 Å². The summed E-state index contributed by atoms with van der Waals surface area (Å²) in [5, 5.41) is 10.9. The number of sulfonamides is 1. The highest BCUT2D eigenvalue weighted by molar-refractivity contribution is 7.92. The Morgan fingerprint density at radius 3 is 2.30 bits per heavy atom. The van der Waals surface area contributed by atoms with Crippen molar-refractivity contribution >= 4 is 21.6 Å². The van der Waals surface area contributed by atoms with Crippen LogP contribution in [0.3, 0.4) is 0 Å². The molecule has 0 spiro atoms. The third-order valence-corrected chi connectivity index (χ3v) is 6.37. The number of hydrogen-bond acceptors (Lipinski definition) is 5. The van der Waals surface area contributed by atoms with Gasteiger partial charge in [0, 0.05) is 36.4 Å². The Labute approximate surface area is 216 Å². The fourth-order valence-electron chi connectivity index (χ4n) is 4.00. The van der Waals surface area contributed by atoms with E-state index in [2.05, 4.69) is 4.72 Å². The second kappa shape index (κ2) is 12.3. The summed E-state index contributed by atoms with van der Waals surface area (Å²) >= 11 is 0. The molecule has 3 rings (SSSR count). The van der Waals surface area contributed by atoms with Gasteiger partial charge in [-0.05, 0) is 59.9 Å². The maximum absolute atomic E-state index is 13.6. The van der Waals surface area contributed by atoms with Crippen LogP contribution in [0.15, 0.2) is 66.7 Å². The second-order valence-electron chi connectivity index (χ2n) is 9.03. The minimum Gasteiger partial charge on any atom is -0.390 e. The van der Waals surface area contributed by atoms with Crippen LogP contribution >= 0.6 is 0 Å². The molecule has 0 bridgehead atoms. The Morgan fingerprint density at radius 2 is 1.65 bits per heavy atom. The van der Waals surface area contributed by atoms with Gasteiger partial charge in [0.05, 0.1) is 12.4 Å². The molecule has 0 aliphatic carbocycles. The number of aliphatic hydroxyl groups excluding tert-OH is 1. The van der Waals surface area contributed by atoms with Gasteiger partial charge in [0.1, 0.15) is 11.6 Å². The highest BCUT2D eigenvalue weighted by Gasteiger charge is 2.24. The first-order valence-electron chi connectivity index (χ1n) is 11.8. The first-order valence-corrected chi connectivity index (χ1v) is 13.7. The number of aryl methyl sites for hydroxylation is 1. The van der Waals surface area contributed by atoms with Crippen LogP contribution in [0.1, 0.15) is 34.0 Å². The summed E-state index contributed by atoms with van der Waals surface area (Å²) in [5.41, 5.74) is 8.81. The van der Waals surface area contributed by atoms with Crippen LogP contribution in [0.25, 0.3) is 0 Å². The van der Waals surface area contributed by atoms with E-state index >= 15 is 0 Å². The molecule has 10 heteroatoms. The Balaban J connectivity index is 1.85. The predicted octanol–water partition coefficient (Wildman–Crippen LogP) is 3.47. The van der Waals surface area contributed by atoms with Crippen LogP contribution in [0.5, 0.6) is 0 Å². The Bertz CT molecular complexity index is 1330. The number of benzene rings is 3. The van der Waals surface area contributed by atoms with Crippen LogP contribution in [0.2, 0.25) is 0 Å². The molecule has 3 aromatic rings. The fraction of sp³-hybridized carbons (Fsp3) is 0.296. The van der Waals surface area contributed by atoms with E-state index in [1.54, 1.807) is 12.1 Å². The molecule has 0 heterocycles. The van der Waals surface area contributed by atoms with Crippen LogP contribution in [0.4, 0.5) is 14.5 Å². The molecule has 0 fully saturated rings. The zero-order chi connectivity index (χ0) is 27.2. The number of anilines is 1. The van der Waals surface area contributed by atoms with Crippen molar-refractivity contribution in [3.05, 3.63) is 101 Å². The maximum atomic E-state index is 13.6. The van der Waals surface area contributed by atoms with Gasteiger partial charge in [0.15, 0.2) is 0 Å². The normalized spacial score (nSPS) is 13.1. The van der Waals surface area contributed by atoms with Gasteiger partial charge in [-0.3, -0.25) is 9.52 Å². The zero-order valence-corrected chi connectivity index (χ0v) is 21.5. The summed E-state index contributed by atoms with van der Waals surface area (Å²) < 4.78 is 52.8. The van der Waals surface area contributed by atoms with Gasteiger partial charge >= 0.3 is 0 Å². The van der Waals surface area contributed by atoms with Gasteiger partial charge in [-0.1, -0.05) is 37.3 Å². The molecule has 2 atom stereocenters. The van der Waals surface area contributed by atoms with E-state index in [9.17, 15) is 27.1 Å². The molecule has 198 valence electrons. The van der Waals surface area contributed by atoms with Crippen LogP contribution in [-0.4, -0.2) is 49.3 Å². The van der Waals surface area contributed by atoms with E-state index in [4.69, 9.17) is 5.73 Å². The van der Waals surface area contributed by atoms with Gasteiger partial charge in [0.25, 0.3) is 5.91 Å². The van der Waals surface area contributed by atoms with Crippen molar-refractivity contribution in [2.75, 3.05) is 17.5 Å². The topological polar surface area (TPSA) is 113 Å². The smallest absolute Gasteiger partial charge is 0.254 e. The Morgan fingerprint density at radius 1 is 1.00 bits per heavy atom. The maximum Gasteiger partial charge on any atom is 0.254 e. The molecule has 0 radical (unpaired) electrons. The molecule has 0 aliphatic rings. The quantitative estimate of drug-likeness (QED) is 0.351. The number of nitrogens with two attached hydrogens (primary N) is 1. The number of rotatable bonds is 11. The molecular formula is C27H31F2N3O4S. The molecule has 0 saturated heterocycles. The number of halogens is 2. The number of nitrogens with zero attached hydrogens (tertiary/aromatic N) is 1. The highest BCUT2D eigenvalue weighted by atomic mass is 32.2. The first kappa shape index (κ1) is 28.2. The minimum atomic E-state index is -3.55.